The molecule has 172 valence electrons. The Morgan fingerprint density at radius 1 is 1.21 bits per heavy atom. The third kappa shape index (κ3) is 4.65. The Kier molecular flexibility index (Phi) is 6.54. The summed E-state index contributed by atoms with van der Waals surface area (Å²) in [5.74, 6) is -0.260. The molecule has 2 aromatic carbocycles. The number of amides is 1. The largest absolute Gasteiger partial charge is 0.466 e. The van der Waals surface area contributed by atoms with Crippen molar-refractivity contribution >= 4 is 45.8 Å². The molecule has 2 atom stereocenters. The van der Waals surface area contributed by atoms with E-state index in [1.807, 2.05) is 6.07 Å². The smallest absolute Gasteiger partial charge is 0.305 e. The summed E-state index contributed by atoms with van der Waals surface area (Å²) in [6.07, 6.45) is 3.43. The monoisotopic (exact) mass is 556 g/mol. The van der Waals surface area contributed by atoms with Crippen LogP contribution >= 0.6 is 22.6 Å². The van der Waals surface area contributed by atoms with Gasteiger partial charge in [-0.15, -0.1) is 0 Å². The fourth-order valence-electron chi connectivity index (χ4n) is 5.48. The molecule has 1 amide bonds. The molecule has 2 aliphatic carbocycles. The van der Waals surface area contributed by atoms with E-state index in [0.29, 0.717) is 37.2 Å². The van der Waals surface area contributed by atoms with Crippen molar-refractivity contribution in [2.24, 2.45) is 5.92 Å². The maximum Gasteiger partial charge on any atom is 0.305 e. The molecule has 0 unspecified atom stereocenters. The summed E-state index contributed by atoms with van der Waals surface area (Å²) in [7, 11) is 0. The minimum atomic E-state index is -0.210. The first-order valence-corrected chi connectivity index (χ1v) is 12.6. The predicted octanol–water partition coefficient (Wildman–Crippen LogP) is 6.31. The maximum absolute atomic E-state index is 13.4. The molecular formula is C27H29IN2O3. The van der Waals surface area contributed by atoms with Crippen molar-refractivity contribution in [2.75, 3.05) is 11.9 Å². The van der Waals surface area contributed by atoms with E-state index in [1.165, 1.54) is 14.7 Å². The van der Waals surface area contributed by atoms with Gasteiger partial charge in [0.2, 0.25) is 5.91 Å². The maximum atomic E-state index is 13.4. The Balaban J connectivity index is 1.51. The normalized spacial score (nSPS) is 21.8. The molecule has 2 aliphatic rings. The Bertz CT molecular complexity index is 1150. The van der Waals surface area contributed by atoms with Crippen molar-refractivity contribution < 1.29 is 14.3 Å². The van der Waals surface area contributed by atoms with Crippen molar-refractivity contribution in [2.45, 2.75) is 63.7 Å². The number of halogens is 1. The lowest BCUT2D eigenvalue weighted by Gasteiger charge is -2.19. The summed E-state index contributed by atoms with van der Waals surface area (Å²) < 4.78 is 6.21. The first kappa shape index (κ1) is 23.7. The third-order valence-corrected chi connectivity index (χ3v) is 7.68. The molecule has 5 nitrogen and oxygen atoms in total. The van der Waals surface area contributed by atoms with Crippen LogP contribution in [-0.2, 0) is 31.6 Å². The second-order valence-electron chi connectivity index (χ2n) is 9.76. The predicted molar refractivity (Wildman–Crippen MR) is 137 cm³/mol. The van der Waals surface area contributed by atoms with Crippen LogP contribution in [0.4, 0.5) is 11.4 Å². The van der Waals surface area contributed by atoms with Gasteiger partial charge in [-0.05, 0) is 95.5 Å². The highest BCUT2D eigenvalue weighted by Crippen LogP contribution is 2.66. The first-order valence-electron chi connectivity index (χ1n) is 11.5. The number of rotatable bonds is 7. The van der Waals surface area contributed by atoms with Crippen LogP contribution in [-0.4, -0.2) is 18.5 Å². The summed E-state index contributed by atoms with van der Waals surface area (Å²) in [5.41, 5.74) is 4.75. The lowest BCUT2D eigenvalue weighted by atomic mass is 9.85. The first-order chi connectivity index (χ1) is 15.7. The highest BCUT2D eigenvalue weighted by atomic mass is 127. The average molecular weight is 556 g/mol. The van der Waals surface area contributed by atoms with E-state index < -0.39 is 0 Å². The van der Waals surface area contributed by atoms with Crippen LogP contribution in [0.5, 0.6) is 0 Å². The number of anilines is 1. The van der Waals surface area contributed by atoms with Gasteiger partial charge in [0.25, 0.3) is 0 Å². The number of esters is 1. The number of hydrogen-bond donors (Lipinski definition) is 1. The summed E-state index contributed by atoms with van der Waals surface area (Å²) in [6, 6.07) is 12.0. The number of carbonyl (C=O) groups excluding carboxylic acids is 2. The van der Waals surface area contributed by atoms with Gasteiger partial charge in [-0.3, -0.25) is 9.59 Å². The van der Waals surface area contributed by atoms with Gasteiger partial charge >= 0.3 is 5.97 Å². The highest BCUT2D eigenvalue weighted by Gasteiger charge is 2.65. The number of carbonyl (C=O) groups is 2. The van der Waals surface area contributed by atoms with E-state index in [2.05, 4.69) is 64.8 Å². The molecule has 0 aliphatic heterocycles. The van der Waals surface area contributed by atoms with Crippen molar-refractivity contribution in [1.82, 2.24) is 0 Å². The molecule has 1 N–H and O–H groups in total. The molecule has 0 heterocycles. The average Bonchev–Trinajstić information content (AvgIpc) is 3.43. The number of nitrogens with one attached hydrogen (secondary N) is 1. The van der Waals surface area contributed by atoms with Gasteiger partial charge in [0.05, 0.1) is 13.2 Å². The molecule has 0 radical (unpaired) electrons. The Labute approximate surface area is 209 Å². The van der Waals surface area contributed by atoms with E-state index in [9.17, 15) is 9.59 Å². The van der Waals surface area contributed by atoms with E-state index in [-0.39, 0.29) is 28.6 Å². The van der Waals surface area contributed by atoms with Crippen LogP contribution in [0.3, 0.4) is 0 Å². The molecule has 1 fully saturated rings. The van der Waals surface area contributed by atoms with Crippen molar-refractivity contribution in [3.8, 4) is 0 Å². The molecule has 1 saturated carbocycles. The molecule has 0 bridgehead atoms. The molecule has 2 aromatic rings. The van der Waals surface area contributed by atoms with Crippen molar-refractivity contribution in [1.29, 1.82) is 0 Å². The number of hydrogen-bond acceptors (Lipinski definition) is 3. The lowest BCUT2D eigenvalue weighted by molar-refractivity contribution is -0.143. The standard InChI is InChI=1S/C27H29IN2O3/c1-5-33-24(31)8-6-7-17-9-11-19(29-4)14-23(17)30-25(32)22-15-27(22)16-26(2,3)20-12-10-18(28)13-21(20)27/h9-14,22H,5-8,15-16H2,1-3H3,(H,30,32)/t22-,27+/m0/s1. The second-order valence-corrected chi connectivity index (χ2v) is 11.0. The summed E-state index contributed by atoms with van der Waals surface area (Å²) in [4.78, 5) is 28.6. The quantitative estimate of drug-likeness (QED) is 0.247. The van der Waals surface area contributed by atoms with Crippen LogP contribution in [0.1, 0.15) is 63.1 Å². The van der Waals surface area contributed by atoms with Gasteiger partial charge in [0, 0.05) is 27.0 Å². The molecule has 1 spiro atoms. The molecule has 0 aromatic heterocycles. The third-order valence-electron chi connectivity index (χ3n) is 7.01. The van der Waals surface area contributed by atoms with Crippen molar-refractivity contribution in [3.05, 3.63) is 68.1 Å². The molecular weight excluding hydrogens is 527 g/mol. The van der Waals surface area contributed by atoms with E-state index >= 15 is 0 Å². The van der Waals surface area contributed by atoms with Gasteiger partial charge in [-0.25, -0.2) is 4.85 Å². The zero-order chi connectivity index (χ0) is 23.8. The van der Waals surface area contributed by atoms with Gasteiger partial charge in [-0.1, -0.05) is 32.0 Å². The number of fused-ring (bicyclic) bond motifs is 2. The molecule has 33 heavy (non-hydrogen) atoms. The van der Waals surface area contributed by atoms with Crippen LogP contribution in [0.25, 0.3) is 4.85 Å². The zero-order valence-electron chi connectivity index (χ0n) is 19.3. The van der Waals surface area contributed by atoms with Gasteiger partial charge in [0.15, 0.2) is 5.69 Å². The minimum Gasteiger partial charge on any atom is -0.466 e. The SMILES string of the molecule is [C-]#[N+]c1ccc(CCCC(=O)OCC)c(NC(=O)[C@@H]2C[C@]23CC(C)(C)c2ccc(I)cc23)c1. The topological polar surface area (TPSA) is 59.8 Å². The Morgan fingerprint density at radius 3 is 2.73 bits per heavy atom. The summed E-state index contributed by atoms with van der Waals surface area (Å²) >= 11 is 2.35. The van der Waals surface area contributed by atoms with Gasteiger partial charge < -0.3 is 10.1 Å². The lowest BCUT2D eigenvalue weighted by Crippen LogP contribution is -2.22. The number of aryl methyl sites for hydroxylation is 1. The second kappa shape index (κ2) is 9.09. The molecule has 6 heteroatoms. The Morgan fingerprint density at radius 2 is 2.00 bits per heavy atom. The van der Waals surface area contributed by atoms with Crippen LogP contribution in [0, 0.1) is 16.1 Å². The number of ether oxygens (including phenoxy) is 1. The van der Waals surface area contributed by atoms with E-state index in [1.54, 1.807) is 19.1 Å². The van der Waals surface area contributed by atoms with Crippen LogP contribution < -0.4 is 5.32 Å². The van der Waals surface area contributed by atoms with Crippen molar-refractivity contribution in [3.63, 3.8) is 0 Å². The fraction of sp³-hybridized carbons (Fsp3) is 0.444. The number of nitrogens with zero attached hydrogens (tertiary/aromatic N) is 1. The van der Waals surface area contributed by atoms with E-state index in [4.69, 9.17) is 11.3 Å². The van der Waals surface area contributed by atoms with Crippen LogP contribution in [0.2, 0.25) is 0 Å². The number of benzene rings is 2. The Hall–Kier alpha value is -2.40. The van der Waals surface area contributed by atoms with Gasteiger partial charge in [-0.2, -0.15) is 0 Å². The summed E-state index contributed by atoms with van der Waals surface area (Å²) in [6.45, 7) is 14.1. The highest BCUT2D eigenvalue weighted by molar-refractivity contribution is 14.1. The van der Waals surface area contributed by atoms with E-state index in [0.717, 1.165) is 18.4 Å². The van der Waals surface area contributed by atoms with Gasteiger partial charge in [0.1, 0.15) is 0 Å². The molecule has 0 saturated heterocycles. The minimum absolute atomic E-state index is 0.0197. The zero-order valence-corrected chi connectivity index (χ0v) is 21.5. The summed E-state index contributed by atoms with van der Waals surface area (Å²) in [5, 5.41) is 3.13. The van der Waals surface area contributed by atoms with Crippen LogP contribution in [0.15, 0.2) is 36.4 Å². The molecule has 4 rings (SSSR count). The fourth-order valence-corrected chi connectivity index (χ4v) is 5.98.